The molecule has 8 heavy (non-hydrogen) atoms. The summed E-state index contributed by atoms with van der Waals surface area (Å²) in [7, 11) is 0. The Hall–Kier alpha value is -0.610. The third-order valence-electron chi connectivity index (χ3n) is 0.597. The van der Waals surface area contributed by atoms with Crippen molar-refractivity contribution >= 4 is 5.97 Å². The van der Waals surface area contributed by atoms with Crippen LogP contribution in [0.2, 0.25) is 0 Å². The van der Waals surface area contributed by atoms with E-state index in [0.717, 1.165) is 0 Å². The number of esters is 1. The van der Waals surface area contributed by atoms with E-state index in [9.17, 15) is 4.79 Å². The molecule has 0 aromatic heterocycles. The van der Waals surface area contributed by atoms with Crippen LogP contribution in [0.5, 0.6) is 0 Å². The number of hydrogen-bond donors (Lipinski definition) is 2. The van der Waals surface area contributed by atoms with Crippen LogP contribution >= 0.6 is 0 Å². The third kappa shape index (κ3) is 2.54. The molecule has 4 N–H and O–H groups in total. The summed E-state index contributed by atoms with van der Waals surface area (Å²) in [4.78, 5) is 10.3. The van der Waals surface area contributed by atoms with Crippen molar-refractivity contribution in [2.24, 2.45) is 11.5 Å². The van der Waals surface area contributed by atoms with E-state index in [1.807, 2.05) is 0 Å². The highest BCUT2D eigenvalue weighted by molar-refractivity contribution is 5.74. The Morgan fingerprint density at radius 1 is 1.88 bits per heavy atom. The number of carbonyl (C=O) groups is 1. The summed E-state index contributed by atoms with van der Waals surface area (Å²) in [5.41, 5.74) is 9.96. The van der Waals surface area contributed by atoms with E-state index in [-0.39, 0.29) is 6.73 Å². The average molecular weight is 118 g/mol. The first-order valence-corrected chi connectivity index (χ1v) is 2.30. The molecule has 0 fully saturated rings. The molecule has 0 saturated carbocycles. The van der Waals surface area contributed by atoms with Gasteiger partial charge in [0, 0.05) is 0 Å². The highest BCUT2D eigenvalue weighted by Crippen LogP contribution is 1.78. The molecule has 0 radical (unpaired) electrons. The maximum Gasteiger partial charge on any atom is 0.323 e. The van der Waals surface area contributed by atoms with Crippen molar-refractivity contribution in [3.8, 4) is 0 Å². The summed E-state index contributed by atoms with van der Waals surface area (Å²) in [6, 6.07) is -0.571. The quantitative estimate of drug-likeness (QED) is 0.352. The van der Waals surface area contributed by atoms with Crippen molar-refractivity contribution in [1.29, 1.82) is 0 Å². The van der Waals surface area contributed by atoms with Crippen LogP contribution in [-0.2, 0) is 9.53 Å². The van der Waals surface area contributed by atoms with Gasteiger partial charge in [-0.15, -0.1) is 0 Å². The number of hydrogen-bond acceptors (Lipinski definition) is 4. The van der Waals surface area contributed by atoms with Crippen LogP contribution in [-0.4, -0.2) is 18.7 Å². The minimum absolute atomic E-state index is 0.0969. The van der Waals surface area contributed by atoms with E-state index < -0.39 is 12.0 Å². The lowest BCUT2D eigenvalue weighted by atomic mass is 10.4. The molecule has 0 amide bonds. The molecule has 0 spiro atoms. The molecule has 4 nitrogen and oxygen atoms in total. The average Bonchev–Trinajstić information content (AvgIpc) is 1.67. The molecule has 0 aliphatic rings. The molecule has 0 aromatic carbocycles. The maximum atomic E-state index is 10.3. The van der Waals surface area contributed by atoms with Crippen molar-refractivity contribution in [2.75, 3.05) is 6.73 Å². The van der Waals surface area contributed by atoms with Gasteiger partial charge < -0.3 is 10.5 Å². The summed E-state index contributed by atoms with van der Waals surface area (Å²) in [5, 5.41) is 0. The van der Waals surface area contributed by atoms with Crippen LogP contribution in [0.1, 0.15) is 6.92 Å². The molecule has 1 atom stereocenters. The first kappa shape index (κ1) is 7.39. The van der Waals surface area contributed by atoms with Gasteiger partial charge in [-0.3, -0.25) is 10.5 Å². The lowest BCUT2D eigenvalue weighted by Gasteiger charge is -2.01. The van der Waals surface area contributed by atoms with Crippen molar-refractivity contribution in [2.45, 2.75) is 13.0 Å². The van der Waals surface area contributed by atoms with Crippen molar-refractivity contribution in [1.82, 2.24) is 0 Å². The van der Waals surface area contributed by atoms with Crippen molar-refractivity contribution in [3.05, 3.63) is 0 Å². The van der Waals surface area contributed by atoms with Gasteiger partial charge in [-0.05, 0) is 6.92 Å². The SMILES string of the molecule is CC(N)C(=O)OCN. The van der Waals surface area contributed by atoms with Crippen LogP contribution in [0, 0.1) is 0 Å². The summed E-state index contributed by atoms with van der Waals surface area (Å²) in [6.07, 6.45) is 0. The van der Waals surface area contributed by atoms with Gasteiger partial charge in [0.15, 0.2) is 0 Å². The molecule has 0 heterocycles. The van der Waals surface area contributed by atoms with Crippen LogP contribution in [0.25, 0.3) is 0 Å². The number of ether oxygens (including phenoxy) is 1. The largest absolute Gasteiger partial charge is 0.449 e. The molecular formula is C4H10N2O2. The van der Waals surface area contributed by atoms with Crippen LogP contribution in [0.3, 0.4) is 0 Å². The van der Waals surface area contributed by atoms with Crippen LogP contribution < -0.4 is 11.5 Å². The summed E-state index contributed by atoms with van der Waals surface area (Å²) in [6.45, 7) is 1.44. The third-order valence-corrected chi connectivity index (χ3v) is 0.597. The molecule has 0 saturated heterocycles. The summed E-state index contributed by atoms with van der Waals surface area (Å²) >= 11 is 0. The minimum Gasteiger partial charge on any atom is -0.449 e. The van der Waals surface area contributed by atoms with E-state index in [1.165, 1.54) is 6.92 Å². The lowest BCUT2D eigenvalue weighted by Crippen LogP contribution is -2.30. The van der Waals surface area contributed by atoms with Crippen molar-refractivity contribution < 1.29 is 9.53 Å². The second kappa shape index (κ2) is 3.40. The zero-order chi connectivity index (χ0) is 6.57. The first-order valence-electron chi connectivity index (χ1n) is 2.30. The van der Waals surface area contributed by atoms with E-state index in [4.69, 9.17) is 11.5 Å². The smallest absolute Gasteiger partial charge is 0.323 e. The number of rotatable bonds is 2. The van der Waals surface area contributed by atoms with E-state index in [1.54, 1.807) is 0 Å². The first-order chi connectivity index (χ1) is 3.68. The predicted molar refractivity (Wildman–Crippen MR) is 28.8 cm³/mol. The number of carbonyl (C=O) groups excluding carboxylic acids is 1. The highest BCUT2D eigenvalue weighted by Gasteiger charge is 2.05. The van der Waals surface area contributed by atoms with Gasteiger partial charge >= 0.3 is 5.97 Å². The van der Waals surface area contributed by atoms with Gasteiger partial charge in [0.25, 0.3) is 0 Å². The second-order valence-corrected chi connectivity index (χ2v) is 1.42. The van der Waals surface area contributed by atoms with Crippen molar-refractivity contribution in [3.63, 3.8) is 0 Å². The molecule has 4 heteroatoms. The molecule has 1 unspecified atom stereocenters. The Kier molecular flexibility index (Phi) is 3.14. The van der Waals surface area contributed by atoms with Gasteiger partial charge in [-0.1, -0.05) is 0 Å². The van der Waals surface area contributed by atoms with E-state index in [0.29, 0.717) is 0 Å². The van der Waals surface area contributed by atoms with Gasteiger partial charge in [0.1, 0.15) is 12.8 Å². The summed E-state index contributed by atoms with van der Waals surface area (Å²) < 4.78 is 4.32. The molecule has 48 valence electrons. The molecule has 0 bridgehead atoms. The standard InChI is InChI=1S/C4H10N2O2/c1-3(6)4(7)8-2-5/h3H,2,5-6H2,1H3. The Balaban J connectivity index is 3.33. The fraction of sp³-hybridized carbons (Fsp3) is 0.750. The Morgan fingerprint density at radius 3 is 2.50 bits per heavy atom. The molecule has 0 aliphatic carbocycles. The fourth-order valence-corrected chi connectivity index (χ4v) is 0.214. The monoisotopic (exact) mass is 118 g/mol. The number of nitrogens with two attached hydrogens (primary N) is 2. The van der Waals surface area contributed by atoms with Crippen LogP contribution in [0.15, 0.2) is 0 Å². The zero-order valence-corrected chi connectivity index (χ0v) is 4.76. The van der Waals surface area contributed by atoms with Crippen LogP contribution in [0.4, 0.5) is 0 Å². The maximum absolute atomic E-state index is 10.3. The molecule has 0 aliphatic heterocycles. The van der Waals surface area contributed by atoms with Gasteiger partial charge in [0.05, 0.1) is 0 Å². The molecule has 0 rings (SSSR count). The fourth-order valence-electron chi connectivity index (χ4n) is 0.214. The van der Waals surface area contributed by atoms with Gasteiger partial charge in [-0.25, -0.2) is 0 Å². The summed E-state index contributed by atoms with van der Waals surface area (Å²) in [5.74, 6) is -0.465. The van der Waals surface area contributed by atoms with Gasteiger partial charge in [-0.2, -0.15) is 0 Å². The Bertz CT molecular complexity index is 82.1. The minimum atomic E-state index is -0.571. The lowest BCUT2D eigenvalue weighted by molar-refractivity contribution is -0.144. The normalized spacial score (nSPS) is 12.9. The predicted octanol–water partition coefficient (Wildman–Crippen LogP) is -1.21. The second-order valence-electron chi connectivity index (χ2n) is 1.42. The van der Waals surface area contributed by atoms with E-state index in [2.05, 4.69) is 4.74 Å². The molecular weight excluding hydrogens is 108 g/mol. The highest BCUT2D eigenvalue weighted by atomic mass is 16.5. The van der Waals surface area contributed by atoms with Gasteiger partial charge in [0.2, 0.25) is 0 Å². The molecule has 0 aromatic rings. The topological polar surface area (TPSA) is 78.3 Å². The zero-order valence-electron chi connectivity index (χ0n) is 4.76. The van der Waals surface area contributed by atoms with E-state index >= 15 is 0 Å². The Labute approximate surface area is 47.8 Å². The Morgan fingerprint density at radius 2 is 2.38 bits per heavy atom.